The zero-order valence-electron chi connectivity index (χ0n) is 15.3. The van der Waals surface area contributed by atoms with Crippen LogP contribution in [-0.2, 0) is 23.2 Å². The van der Waals surface area contributed by atoms with E-state index < -0.39 is 5.41 Å². The van der Waals surface area contributed by atoms with E-state index in [0.29, 0.717) is 18.0 Å². The van der Waals surface area contributed by atoms with Crippen LogP contribution >= 0.6 is 0 Å². The Morgan fingerprint density at radius 1 is 1.16 bits per heavy atom. The number of aryl methyl sites for hydroxylation is 1. The summed E-state index contributed by atoms with van der Waals surface area (Å²) in [4.78, 5) is 15.2. The summed E-state index contributed by atoms with van der Waals surface area (Å²) in [6.45, 7) is 5.25. The highest BCUT2D eigenvalue weighted by Gasteiger charge is 2.35. The molecule has 0 N–H and O–H groups in total. The van der Waals surface area contributed by atoms with E-state index in [4.69, 9.17) is 13.9 Å². The Balaban J connectivity index is 1.87. The second kappa shape index (κ2) is 6.82. The predicted molar refractivity (Wildman–Crippen MR) is 95.0 cm³/mol. The first-order valence-corrected chi connectivity index (χ1v) is 8.54. The van der Waals surface area contributed by atoms with Crippen LogP contribution in [0.1, 0.15) is 37.2 Å². The summed E-state index contributed by atoms with van der Waals surface area (Å²) in [5.74, 6) is 2.40. The third kappa shape index (κ3) is 3.23. The molecule has 0 spiro atoms. The standard InChI is InChI=1S/C20H25NO4/c1-20(2,15-7-8-17(23-3)18(12-15)24-4)19(22)21-10-5-6-16-14(13-21)9-11-25-16/h7-9,11-12H,5-6,10,13H2,1-4H3. The van der Waals surface area contributed by atoms with Gasteiger partial charge < -0.3 is 18.8 Å². The van der Waals surface area contributed by atoms with Crippen molar-refractivity contribution >= 4 is 5.91 Å². The summed E-state index contributed by atoms with van der Waals surface area (Å²) in [7, 11) is 3.21. The van der Waals surface area contributed by atoms with E-state index in [1.54, 1.807) is 20.5 Å². The Morgan fingerprint density at radius 2 is 1.92 bits per heavy atom. The van der Waals surface area contributed by atoms with Crippen LogP contribution in [0, 0.1) is 0 Å². The highest BCUT2D eigenvalue weighted by Crippen LogP contribution is 2.35. The van der Waals surface area contributed by atoms with Gasteiger partial charge in [0.05, 0.1) is 25.9 Å². The van der Waals surface area contributed by atoms with Crippen molar-refractivity contribution < 1.29 is 18.7 Å². The average Bonchev–Trinajstić information content (AvgIpc) is 2.97. The lowest BCUT2D eigenvalue weighted by atomic mass is 9.82. The summed E-state index contributed by atoms with van der Waals surface area (Å²) >= 11 is 0. The van der Waals surface area contributed by atoms with Gasteiger partial charge in [0.15, 0.2) is 11.5 Å². The molecule has 1 aliphatic heterocycles. The van der Waals surface area contributed by atoms with Crippen molar-refractivity contribution in [3.05, 3.63) is 47.4 Å². The Morgan fingerprint density at radius 3 is 2.64 bits per heavy atom. The molecule has 0 radical (unpaired) electrons. The maximum absolute atomic E-state index is 13.3. The molecule has 2 aromatic rings. The molecule has 1 amide bonds. The fourth-order valence-electron chi connectivity index (χ4n) is 3.36. The molecule has 0 aliphatic carbocycles. The first kappa shape index (κ1) is 17.4. The van der Waals surface area contributed by atoms with E-state index in [2.05, 4.69) is 0 Å². The van der Waals surface area contributed by atoms with E-state index in [9.17, 15) is 4.79 Å². The third-order valence-electron chi connectivity index (χ3n) is 4.96. The third-order valence-corrected chi connectivity index (χ3v) is 4.96. The monoisotopic (exact) mass is 343 g/mol. The largest absolute Gasteiger partial charge is 0.493 e. The van der Waals surface area contributed by atoms with E-state index in [0.717, 1.165) is 36.3 Å². The van der Waals surface area contributed by atoms with E-state index in [1.165, 1.54) is 0 Å². The van der Waals surface area contributed by atoms with Gasteiger partial charge in [0, 0.05) is 25.1 Å². The number of carbonyl (C=O) groups is 1. The van der Waals surface area contributed by atoms with Gasteiger partial charge in [0.25, 0.3) is 0 Å². The second-order valence-electron chi connectivity index (χ2n) is 6.89. The van der Waals surface area contributed by atoms with Crippen LogP contribution in [0.3, 0.4) is 0 Å². The number of nitrogens with zero attached hydrogens (tertiary/aromatic N) is 1. The average molecular weight is 343 g/mol. The van der Waals surface area contributed by atoms with Crippen molar-refractivity contribution in [2.45, 2.75) is 38.6 Å². The number of hydrogen-bond acceptors (Lipinski definition) is 4. The normalized spacial score (nSPS) is 14.6. The van der Waals surface area contributed by atoms with Crippen molar-refractivity contribution in [1.82, 2.24) is 4.90 Å². The smallest absolute Gasteiger partial charge is 0.232 e. The molecule has 0 saturated carbocycles. The molecule has 5 heteroatoms. The quantitative estimate of drug-likeness (QED) is 0.852. The summed E-state index contributed by atoms with van der Waals surface area (Å²) in [6, 6.07) is 7.63. The molecule has 1 aliphatic rings. The molecule has 5 nitrogen and oxygen atoms in total. The van der Waals surface area contributed by atoms with Crippen LogP contribution in [-0.4, -0.2) is 31.6 Å². The molecule has 3 rings (SSSR count). The maximum atomic E-state index is 13.3. The van der Waals surface area contributed by atoms with Crippen LogP contribution in [0.25, 0.3) is 0 Å². The molecular formula is C20H25NO4. The van der Waals surface area contributed by atoms with Crippen LogP contribution < -0.4 is 9.47 Å². The molecule has 134 valence electrons. The summed E-state index contributed by atoms with van der Waals surface area (Å²) in [6.07, 6.45) is 3.50. The number of fused-ring (bicyclic) bond motifs is 1. The molecule has 1 aromatic carbocycles. The van der Waals surface area contributed by atoms with Gasteiger partial charge in [-0.15, -0.1) is 0 Å². The molecule has 0 saturated heterocycles. The number of benzene rings is 1. The topological polar surface area (TPSA) is 51.9 Å². The molecule has 0 unspecified atom stereocenters. The molecule has 0 atom stereocenters. The van der Waals surface area contributed by atoms with Gasteiger partial charge >= 0.3 is 0 Å². The number of furan rings is 1. The van der Waals surface area contributed by atoms with Crippen molar-refractivity contribution in [2.75, 3.05) is 20.8 Å². The Bertz CT molecular complexity index is 763. The van der Waals surface area contributed by atoms with E-state index >= 15 is 0 Å². The molecule has 1 aromatic heterocycles. The van der Waals surface area contributed by atoms with E-state index in [1.807, 2.05) is 43.0 Å². The molecule has 0 bridgehead atoms. The van der Waals surface area contributed by atoms with Gasteiger partial charge in [-0.05, 0) is 44.0 Å². The predicted octanol–water partition coefficient (Wildman–Crippen LogP) is 3.55. The zero-order valence-corrected chi connectivity index (χ0v) is 15.3. The first-order valence-electron chi connectivity index (χ1n) is 8.54. The summed E-state index contributed by atoms with van der Waals surface area (Å²) in [5.41, 5.74) is 1.36. The van der Waals surface area contributed by atoms with Gasteiger partial charge in [0.1, 0.15) is 5.76 Å². The number of carbonyl (C=O) groups excluding carboxylic acids is 1. The van der Waals surface area contributed by atoms with Gasteiger partial charge in [-0.25, -0.2) is 0 Å². The van der Waals surface area contributed by atoms with Crippen molar-refractivity contribution in [2.24, 2.45) is 0 Å². The maximum Gasteiger partial charge on any atom is 0.232 e. The van der Waals surface area contributed by atoms with Crippen molar-refractivity contribution in [3.8, 4) is 11.5 Å². The van der Waals surface area contributed by atoms with Crippen LogP contribution in [0.15, 0.2) is 34.9 Å². The zero-order chi connectivity index (χ0) is 18.0. The van der Waals surface area contributed by atoms with Gasteiger partial charge in [0.2, 0.25) is 5.91 Å². The Kier molecular flexibility index (Phi) is 4.75. The molecule has 0 fully saturated rings. The number of amides is 1. The van der Waals surface area contributed by atoms with Gasteiger partial charge in [-0.1, -0.05) is 6.07 Å². The van der Waals surface area contributed by atoms with Crippen molar-refractivity contribution in [1.29, 1.82) is 0 Å². The minimum atomic E-state index is -0.659. The van der Waals surface area contributed by atoms with Gasteiger partial charge in [-0.2, -0.15) is 0 Å². The minimum Gasteiger partial charge on any atom is -0.493 e. The Labute approximate surface area is 148 Å². The molecular weight excluding hydrogens is 318 g/mol. The summed E-state index contributed by atoms with van der Waals surface area (Å²) in [5, 5.41) is 0. The number of ether oxygens (including phenoxy) is 2. The Hall–Kier alpha value is -2.43. The highest BCUT2D eigenvalue weighted by molar-refractivity contribution is 5.87. The lowest BCUT2D eigenvalue weighted by molar-refractivity contribution is -0.136. The van der Waals surface area contributed by atoms with Crippen LogP contribution in [0.4, 0.5) is 0 Å². The fraction of sp³-hybridized carbons (Fsp3) is 0.450. The van der Waals surface area contributed by atoms with Crippen LogP contribution in [0.5, 0.6) is 11.5 Å². The second-order valence-corrected chi connectivity index (χ2v) is 6.89. The number of hydrogen-bond donors (Lipinski definition) is 0. The highest BCUT2D eigenvalue weighted by atomic mass is 16.5. The summed E-state index contributed by atoms with van der Waals surface area (Å²) < 4.78 is 16.2. The number of methoxy groups -OCH3 is 2. The van der Waals surface area contributed by atoms with Gasteiger partial charge in [-0.3, -0.25) is 4.79 Å². The fourth-order valence-corrected chi connectivity index (χ4v) is 3.36. The molecule has 2 heterocycles. The minimum absolute atomic E-state index is 0.105. The lowest BCUT2D eigenvalue weighted by Crippen LogP contribution is -2.43. The lowest BCUT2D eigenvalue weighted by Gasteiger charge is -2.32. The van der Waals surface area contributed by atoms with E-state index in [-0.39, 0.29) is 5.91 Å². The van der Waals surface area contributed by atoms with Crippen molar-refractivity contribution in [3.63, 3.8) is 0 Å². The first-order chi connectivity index (χ1) is 12.0. The SMILES string of the molecule is COc1ccc(C(C)(C)C(=O)N2CCCc3occc3C2)cc1OC. The number of rotatable bonds is 4. The molecule has 25 heavy (non-hydrogen) atoms. The van der Waals surface area contributed by atoms with Crippen LogP contribution in [0.2, 0.25) is 0 Å².